The van der Waals surface area contributed by atoms with Crippen LogP contribution in [-0.4, -0.2) is 58.5 Å². The third-order valence-corrected chi connectivity index (χ3v) is 5.53. The van der Waals surface area contributed by atoms with Gasteiger partial charge in [0.2, 0.25) is 11.8 Å². The lowest BCUT2D eigenvalue weighted by Crippen LogP contribution is -2.50. The first-order valence-electron chi connectivity index (χ1n) is 9.35. The van der Waals surface area contributed by atoms with Gasteiger partial charge in [-0.25, -0.2) is 0 Å². The number of aliphatic hydroxyl groups is 1. The van der Waals surface area contributed by atoms with E-state index < -0.39 is 6.04 Å². The minimum absolute atomic E-state index is 0.00854. The molecule has 6 heteroatoms. The molecule has 0 spiro atoms. The maximum atomic E-state index is 12.9. The summed E-state index contributed by atoms with van der Waals surface area (Å²) in [5, 5.41) is 10.5. The van der Waals surface area contributed by atoms with Crippen molar-refractivity contribution in [1.29, 1.82) is 0 Å². The molecule has 1 N–H and O–H groups in total. The van der Waals surface area contributed by atoms with E-state index in [2.05, 4.69) is 0 Å². The van der Waals surface area contributed by atoms with E-state index in [1.54, 1.807) is 9.80 Å². The Bertz CT molecular complexity index is 782. The van der Waals surface area contributed by atoms with Gasteiger partial charge in [0.05, 0.1) is 19.1 Å². The van der Waals surface area contributed by atoms with Crippen LogP contribution >= 0.6 is 0 Å². The average Bonchev–Trinajstić information content (AvgIpc) is 3.38. The van der Waals surface area contributed by atoms with Gasteiger partial charge in [0, 0.05) is 18.5 Å². The van der Waals surface area contributed by atoms with E-state index >= 15 is 0 Å². The zero-order chi connectivity index (χ0) is 18.1. The van der Waals surface area contributed by atoms with Crippen LogP contribution in [0.1, 0.15) is 31.4 Å². The molecule has 0 bridgehead atoms. The molecular weight excluding hydrogens is 332 g/mol. The van der Waals surface area contributed by atoms with Crippen LogP contribution in [-0.2, 0) is 16.0 Å². The summed E-state index contributed by atoms with van der Waals surface area (Å²) in [7, 11) is 0. The van der Waals surface area contributed by atoms with Crippen LogP contribution < -0.4 is 0 Å². The molecule has 2 aliphatic rings. The highest BCUT2D eigenvalue weighted by atomic mass is 16.3. The van der Waals surface area contributed by atoms with E-state index in [0.717, 1.165) is 30.2 Å². The van der Waals surface area contributed by atoms with Crippen molar-refractivity contribution in [2.45, 2.75) is 44.2 Å². The first-order valence-corrected chi connectivity index (χ1v) is 9.35. The predicted molar refractivity (Wildman–Crippen MR) is 96.5 cm³/mol. The van der Waals surface area contributed by atoms with Crippen LogP contribution in [0.4, 0.5) is 0 Å². The highest BCUT2D eigenvalue weighted by Crippen LogP contribution is 2.26. The van der Waals surface area contributed by atoms with Crippen LogP contribution in [0.15, 0.2) is 34.7 Å². The number of nitrogens with zero attached hydrogens (tertiary/aromatic N) is 2. The number of furan rings is 1. The molecule has 2 saturated heterocycles. The third kappa shape index (κ3) is 3.09. The largest absolute Gasteiger partial charge is 0.461 e. The van der Waals surface area contributed by atoms with Crippen molar-refractivity contribution in [3.8, 4) is 0 Å². The molecule has 0 saturated carbocycles. The van der Waals surface area contributed by atoms with Crippen LogP contribution in [0.3, 0.4) is 0 Å². The van der Waals surface area contributed by atoms with Gasteiger partial charge in [-0.15, -0.1) is 0 Å². The quantitative estimate of drug-likeness (QED) is 0.909. The van der Waals surface area contributed by atoms with Gasteiger partial charge in [-0.3, -0.25) is 9.59 Å². The van der Waals surface area contributed by atoms with Crippen molar-refractivity contribution >= 4 is 22.8 Å². The third-order valence-electron chi connectivity index (χ3n) is 5.53. The molecule has 0 unspecified atom stereocenters. The van der Waals surface area contributed by atoms with Crippen molar-refractivity contribution in [3.05, 3.63) is 36.1 Å². The normalized spacial score (nSPS) is 23.1. The molecule has 1 aromatic heterocycles. The molecule has 0 radical (unpaired) electrons. The second kappa shape index (κ2) is 7.11. The molecule has 2 aliphatic heterocycles. The molecule has 3 heterocycles. The Morgan fingerprint density at radius 1 is 1.12 bits per heavy atom. The average molecular weight is 356 g/mol. The lowest BCUT2D eigenvalue weighted by molar-refractivity contribution is -0.144. The number of carbonyl (C=O) groups is 2. The van der Waals surface area contributed by atoms with Crippen molar-refractivity contribution in [1.82, 2.24) is 9.80 Å². The van der Waals surface area contributed by atoms with Crippen molar-refractivity contribution in [2.75, 3.05) is 19.7 Å². The van der Waals surface area contributed by atoms with Crippen LogP contribution in [0.5, 0.6) is 0 Å². The fourth-order valence-electron chi connectivity index (χ4n) is 4.20. The maximum Gasteiger partial charge on any atom is 0.245 e. The van der Waals surface area contributed by atoms with Gasteiger partial charge >= 0.3 is 0 Å². The molecular formula is C20H24N2O4. The van der Waals surface area contributed by atoms with Gasteiger partial charge < -0.3 is 19.3 Å². The second-order valence-electron chi connectivity index (χ2n) is 7.18. The Hall–Kier alpha value is -2.34. The number of hydrogen-bond acceptors (Lipinski definition) is 4. The Labute approximate surface area is 152 Å². The molecule has 2 atom stereocenters. The summed E-state index contributed by atoms with van der Waals surface area (Å²) in [4.78, 5) is 29.2. The molecule has 0 aliphatic carbocycles. The number of hydrogen-bond donors (Lipinski definition) is 1. The van der Waals surface area contributed by atoms with E-state index in [0.29, 0.717) is 25.3 Å². The number of amides is 2. The fourth-order valence-corrected chi connectivity index (χ4v) is 4.20. The number of aliphatic hydroxyl groups excluding tert-OH is 1. The Morgan fingerprint density at radius 3 is 2.69 bits per heavy atom. The topological polar surface area (TPSA) is 74.0 Å². The summed E-state index contributed by atoms with van der Waals surface area (Å²) in [6.45, 7) is 1.27. The smallest absolute Gasteiger partial charge is 0.245 e. The van der Waals surface area contributed by atoms with E-state index in [1.807, 2.05) is 30.3 Å². The Morgan fingerprint density at radius 2 is 1.88 bits per heavy atom. The van der Waals surface area contributed by atoms with Crippen molar-refractivity contribution in [3.63, 3.8) is 0 Å². The van der Waals surface area contributed by atoms with Gasteiger partial charge in [0.25, 0.3) is 0 Å². The van der Waals surface area contributed by atoms with Crippen LogP contribution in [0.25, 0.3) is 11.0 Å². The van der Waals surface area contributed by atoms with Gasteiger partial charge in [0.15, 0.2) is 0 Å². The van der Waals surface area contributed by atoms with E-state index in [-0.39, 0.29) is 30.9 Å². The van der Waals surface area contributed by atoms with E-state index in [9.17, 15) is 14.7 Å². The van der Waals surface area contributed by atoms with Gasteiger partial charge in [-0.1, -0.05) is 18.2 Å². The van der Waals surface area contributed by atoms with Crippen LogP contribution in [0, 0.1) is 0 Å². The molecule has 2 aromatic rings. The highest BCUT2D eigenvalue weighted by molar-refractivity contribution is 5.89. The summed E-state index contributed by atoms with van der Waals surface area (Å²) in [6, 6.07) is 9.06. The summed E-state index contributed by atoms with van der Waals surface area (Å²) in [5.41, 5.74) is 0.771. The molecule has 2 amide bonds. The number of likely N-dealkylation sites (tertiary alicyclic amines) is 2. The van der Waals surface area contributed by atoms with Gasteiger partial charge in [-0.05, 0) is 37.8 Å². The Kier molecular flexibility index (Phi) is 4.68. The molecule has 26 heavy (non-hydrogen) atoms. The summed E-state index contributed by atoms with van der Waals surface area (Å²) in [5.74, 6) is 0.542. The van der Waals surface area contributed by atoms with Crippen molar-refractivity contribution in [2.24, 2.45) is 0 Å². The molecule has 138 valence electrons. The minimum atomic E-state index is -0.404. The lowest BCUT2D eigenvalue weighted by Gasteiger charge is -2.30. The van der Waals surface area contributed by atoms with Gasteiger partial charge in [0.1, 0.15) is 17.4 Å². The number of carbonyl (C=O) groups excluding carboxylic acids is 2. The highest BCUT2D eigenvalue weighted by Gasteiger charge is 2.39. The molecule has 6 nitrogen and oxygen atoms in total. The number of fused-ring (bicyclic) bond motifs is 1. The maximum absolute atomic E-state index is 12.9. The lowest BCUT2D eigenvalue weighted by atomic mass is 10.1. The Balaban J connectivity index is 1.47. The van der Waals surface area contributed by atoms with Crippen LogP contribution in [0.2, 0.25) is 0 Å². The summed E-state index contributed by atoms with van der Waals surface area (Å²) >= 11 is 0. The zero-order valence-electron chi connectivity index (χ0n) is 14.8. The summed E-state index contributed by atoms with van der Waals surface area (Å²) in [6.07, 6.45) is 3.44. The second-order valence-corrected chi connectivity index (χ2v) is 7.18. The summed E-state index contributed by atoms with van der Waals surface area (Å²) < 4.78 is 5.75. The standard InChI is InChI=1S/C20H24N2O4/c23-13-15-6-3-9-21(15)20(25)17-7-4-10-22(17)19(24)12-16-11-14-5-1-2-8-18(14)26-16/h1-2,5,8,11,15,17,23H,3-4,6-7,9-10,12-13H2/t15-,17-/m0/s1. The SMILES string of the molecule is O=C([C@@H]1CCCN1C(=O)Cc1cc2ccccc2o1)N1CCC[C@H]1CO. The molecule has 4 rings (SSSR count). The monoisotopic (exact) mass is 356 g/mol. The molecule has 2 fully saturated rings. The van der Waals surface area contributed by atoms with E-state index in [4.69, 9.17) is 4.42 Å². The predicted octanol–water partition coefficient (Wildman–Crippen LogP) is 1.95. The fraction of sp³-hybridized carbons (Fsp3) is 0.500. The number of rotatable bonds is 4. The number of benzene rings is 1. The molecule has 1 aromatic carbocycles. The van der Waals surface area contributed by atoms with E-state index in [1.165, 1.54) is 0 Å². The zero-order valence-corrected chi connectivity index (χ0v) is 14.8. The number of para-hydroxylation sites is 1. The first-order chi connectivity index (χ1) is 12.7. The first kappa shape index (κ1) is 17.1. The minimum Gasteiger partial charge on any atom is -0.461 e. The van der Waals surface area contributed by atoms with Crippen molar-refractivity contribution < 1.29 is 19.1 Å². The van der Waals surface area contributed by atoms with Gasteiger partial charge in [-0.2, -0.15) is 0 Å².